The summed E-state index contributed by atoms with van der Waals surface area (Å²) in [6.07, 6.45) is 3.34. The second kappa shape index (κ2) is 6.14. The molecule has 0 aliphatic rings. The van der Waals surface area contributed by atoms with Crippen molar-refractivity contribution in [3.8, 4) is 0 Å². The molecule has 1 N–H and O–H groups in total. The molecule has 1 aromatic rings. The second-order valence-corrected chi connectivity index (χ2v) is 4.88. The minimum atomic E-state index is -0.517. The highest BCUT2D eigenvalue weighted by molar-refractivity contribution is 5.92. The quantitative estimate of drug-likeness (QED) is 0.831. The zero-order valence-electron chi connectivity index (χ0n) is 10.9. The third-order valence-electron chi connectivity index (χ3n) is 1.92. The van der Waals surface area contributed by atoms with Crippen molar-refractivity contribution in [2.45, 2.75) is 39.2 Å². The molecular formula is C13H18N2O3. The maximum Gasteiger partial charge on any atom is 0.306 e. The molecule has 0 aliphatic heterocycles. The van der Waals surface area contributed by atoms with Gasteiger partial charge in [0.1, 0.15) is 5.60 Å². The molecule has 0 spiro atoms. The van der Waals surface area contributed by atoms with Gasteiger partial charge in [-0.3, -0.25) is 14.6 Å². The molecule has 0 fully saturated rings. The van der Waals surface area contributed by atoms with E-state index in [4.69, 9.17) is 4.74 Å². The van der Waals surface area contributed by atoms with Crippen molar-refractivity contribution in [2.75, 3.05) is 5.32 Å². The van der Waals surface area contributed by atoms with Crippen LogP contribution in [0.4, 0.5) is 5.69 Å². The molecule has 5 heteroatoms. The summed E-state index contributed by atoms with van der Waals surface area (Å²) < 4.78 is 5.11. The third-order valence-corrected chi connectivity index (χ3v) is 1.92. The van der Waals surface area contributed by atoms with E-state index < -0.39 is 5.60 Å². The molecule has 98 valence electrons. The van der Waals surface area contributed by atoms with Crippen molar-refractivity contribution in [3.05, 3.63) is 24.5 Å². The van der Waals surface area contributed by atoms with E-state index in [1.165, 1.54) is 0 Å². The van der Waals surface area contributed by atoms with Crippen LogP contribution < -0.4 is 5.32 Å². The van der Waals surface area contributed by atoms with Crippen LogP contribution in [0.3, 0.4) is 0 Å². The Hall–Kier alpha value is -1.91. The van der Waals surface area contributed by atoms with Gasteiger partial charge in [-0.2, -0.15) is 0 Å². The van der Waals surface area contributed by atoms with E-state index in [1.54, 1.807) is 45.3 Å². The minimum Gasteiger partial charge on any atom is -0.460 e. The number of nitrogens with zero attached hydrogens (tertiary/aromatic N) is 1. The van der Waals surface area contributed by atoms with E-state index in [9.17, 15) is 9.59 Å². The molecule has 1 amide bonds. The van der Waals surface area contributed by atoms with Gasteiger partial charge in [-0.15, -0.1) is 0 Å². The molecule has 1 rings (SSSR count). The molecule has 0 radical (unpaired) electrons. The topological polar surface area (TPSA) is 68.3 Å². The smallest absolute Gasteiger partial charge is 0.306 e. The van der Waals surface area contributed by atoms with Crippen LogP contribution in [-0.4, -0.2) is 22.5 Å². The van der Waals surface area contributed by atoms with Crippen LogP contribution in [0, 0.1) is 0 Å². The number of carbonyl (C=O) groups is 2. The zero-order chi connectivity index (χ0) is 13.6. The van der Waals surface area contributed by atoms with Crippen molar-refractivity contribution in [1.82, 2.24) is 4.98 Å². The van der Waals surface area contributed by atoms with Gasteiger partial charge in [-0.1, -0.05) is 0 Å². The summed E-state index contributed by atoms with van der Waals surface area (Å²) in [5.74, 6) is -0.599. The van der Waals surface area contributed by atoms with Crippen LogP contribution in [0.5, 0.6) is 0 Å². The number of hydrogen-bond acceptors (Lipinski definition) is 4. The molecular weight excluding hydrogens is 232 g/mol. The predicted molar refractivity (Wildman–Crippen MR) is 67.9 cm³/mol. The molecule has 0 bridgehead atoms. The Morgan fingerprint density at radius 2 is 2.06 bits per heavy atom. The molecule has 0 unspecified atom stereocenters. The van der Waals surface area contributed by atoms with Crippen LogP contribution in [0.25, 0.3) is 0 Å². The zero-order valence-corrected chi connectivity index (χ0v) is 10.9. The first-order chi connectivity index (χ1) is 8.37. The highest BCUT2D eigenvalue weighted by Gasteiger charge is 2.17. The van der Waals surface area contributed by atoms with Gasteiger partial charge in [-0.25, -0.2) is 0 Å². The number of esters is 1. The average Bonchev–Trinajstić information content (AvgIpc) is 2.25. The average molecular weight is 250 g/mol. The fourth-order valence-corrected chi connectivity index (χ4v) is 1.27. The van der Waals surface area contributed by atoms with E-state index >= 15 is 0 Å². The molecule has 0 aromatic carbocycles. The van der Waals surface area contributed by atoms with Gasteiger partial charge in [0.15, 0.2) is 0 Å². The molecule has 0 aliphatic carbocycles. The number of anilines is 1. The highest BCUT2D eigenvalue weighted by atomic mass is 16.6. The summed E-state index contributed by atoms with van der Waals surface area (Å²) >= 11 is 0. The van der Waals surface area contributed by atoms with Crippen LogP contribution in [0.1, 0.15) is 33.6 Å². The monoisotopic (exact) mass is 250 g/mol. The lowest BCUT2D eigenvalue weighted by atomic mass is 10.2. The molecule has 1 aromatic heterocycles. The second-order valence-electron chi connectivity index (χ2n) is 4.88. The van der Waals surface area contributed by atoms with Crippen LogP contribution in [-0.2, 0) is 14.3 Å². The van der Waals surface area contributed by atoms with Gasteiger partial charge >= 0.3 is 5.97 Å². The summed E-state index contributed by atoms with van der Waals surface area (Å²) in [5, 5.41) is 2.65. The molecule has 5 nitrogen and oxygen atoms in total. The number of pyridine rings is 1. The highest BCUT2D eigenvalue weighted by Crippen LogP contribution is 2.10. The fourth-order valence-electron chi connectivity index (χ4n) is 1.27. The number of rotatable bonds is 4. The van der Waals surface area contributed by atoms with E-state index in [0.29, 0.717) is 5.69 Å². The van der Waals surface area contributed by atoms with Gasteiger partial charge < -0.3 is 10.1 Å². The third kappa shape index (κ3) is 5.98. The first-order valence-corrected chi connectivity index (χ1v) is 5.78. The van der Waals surface area contributed by atoms with Crippen molar-refractivity contribution < 1.29 is 14.3 Å². The maximum absolute atomic E-state index is 11.5. The van der Waals surface area contributed by atoms with Crippen LogP contribution in [0.2, 0.25) is 0 Å². The summed E-state index contributed by atoms with van der Waals surface area (Å²) in [4.78, 5) is 26.8. The Kier molecular flexibility index (Phi) is 4.83. The lowest BCUT2D eigenvalue weighted by molar-refractivity contribution is -0.155. The van der Waals surface area contributed by atoms with Crippen molar-refractivity contribution in [2.24, 2.45) is 0 Å². The molecule has 0 saturated carbocycles. The summed E-state index contributed by atoms with van der Waals surface area (Å²) in [6.45, 7) is 5.38. The molecule has 18 heavy (non-hydrogen) atoms. The lowest BCUT2D eigenvalue weighted by Crippen LogP contribution is -2.24. The maximum atomic E-state index is 11.5. The number of aromatic nitrogens is 1. The molecule has 0 atom stereocenters. The molecule has 0 saturated heterocycles. The van der Waals surface area contributed by atoms with E-state index in [1.807, 2.05) is 0 Å². The normalized spacial score (nSPS) is 10.8. The Bertz CT molecular complexity index is 410. The standard InChI is InChI=1S/C13H18N2O3/c1-13(2,3)18-12(17)7-6-11(16)15-10-5-4-8-14-9-10/h4-5,8-9H,6-7H2,1-3H3,(H,15,16). The first kappa shape index (κ1) is 14.2. The van der Waals surface area contributed by atoms with Crippen molar-refractivity contribution in [1.29, 1.82) is 0 Å². The van der Waals surface area contributed by atoms with Crippen molar-refractivity contribution in [3.63, 3.8) is 0 Å². The van der Waals surface area contributed by atoms with Gasteiger partial charge in [-0.05, 0) is 32.9 Å². The summed E-state index contributed by atoms with van der Waals surface area (Å²) in [6, 6.07) is 3.46. The van der Waals surface area contributed by atoms with Crippen molar-refractivity contribution >= 4 is 17.6 Å². The number of hydrogen-bond donors (Lipinski definition) is 1. The number of amides is 1. The summed E-state index contributed by atoms with van der Waals surface area (Å²) in [7, 11) is 0. The Balaban J connectivity index is 2.32. The largest absolute Gasteiger partial charge is 0.460 e. The fraction of sp³-hybridized carbons (Fsp3) is 0.462. The van der Waals surface area contributed by atoms with E-state index in [-0.39, 0.29) is 24.7 Å². The van der Waals surface area contributed by atoms with Gasteiger partial charge in [0.2, 0.25) is 5.91 Å². The number of ether oxygens (including phenoxy) is 1. The Morgan fingerprint density at radius 3 is 2.61 bits per heavy atom. The minimum absolute atomic E-state index is 0.0728. The Labute approximate surface area is 107 Å². The van der Waals surface area contributed by atoms with Crippen LogP contribution in [0.15, 0.2) is 24.5 Å². The molecule has 1 heterocycles. The van der Waals surface area contributed by atoms with Crippen LogP contribution >= 0.6 is 0 Å². The van der Waals surface area contributed by atoms with E-state index in [0.717, 1.165) is 0 Å². The lowest BCUT2D eigenvalue weighted by Gasteiger charge is -2.19. The SMILES string of the molecule is CC(C)(C)OC(=O)CCC(=O)Nc1cccnc1. The summed E-state index contributed by atoms with van der Waals surface area (Å²) in [5.41, 5.74) is 0.100. The van der Waals surface area contributed by atoms with E-state index in [2.05, 4.69) is 10.3 Å². The number of nitrogens with one attached hydrogen (secondary N) is 1. The first-order valence-electron chi connectivity index (χ1n) is 5.78. The number of carbonyl (C=O) groups excluding carboxylic acids is 2. The Morgan fingerprint density at radius 1 is 1.33 bits per heavy atom. The van der Waals surface area contributed by atoms with Gasteiger partial charge in [0, 0.05) is 12.6 Å². The van der Waals surface area contributed by atoms with Gasteiger partial charge in [0.25, 0.3) is 0 Å². The predicted octanol–water partition coefficient (Wildman–Crippen LogP) is 2.14. The van der Waals surface area contributed by atoms with Gasteiger partial charge in [0.05, 0.1) is 18.3 Å².